The second-order valence-electron chi connectivity index (χ2n) is 2.57. The van der Waals surface area contributed by atoms with E-state index in [4.69, 9.17) is 11.6 Å². The van der Waals surface area contributed by atoms with Crippen LogP contribution in [0.1, 0.15) is 0 Å². The van der Waals surface area contributed by atoms with Crippen molar-refractivity contribution in [3.63, 3.8) is 0 Å². The number of hydrogen-bond acceptors (Lipinski definition) is 5. The molecular weight excluding hydrogens is 220 g/mol. The number of halogens is 1. The Morgan fingerprint density at radius 3 is 2.87 bits per heavy atom. The molecule has 0 amide bonds. The molecule has 1 rings (SSSR count). The van der Waals surface area contributed by atoms with Crippen LogP contribution in [-0.2, 0) is 0 Å². The number of aromatic nitrogens is 1. The normalized spacial score (nSPS) is 10.9. The van der Waals surface area contributed by atoms with Crippen LogP contribution in [0.5, 0.6) is 0 Å². The second-order valence-corrected chi connectivity index (χ2v) is 2.96. The molecule has 7 heteroatoms. The third kappa shape index (κ3) is 3.82. The van der Waals surface area contributed by atoms with E-state index in [1.54, 1.807) is 19.2 Å². The third-order valence-corrected chi connectivity index (χ3v) is 1.73. The number of rotatable bonds is 4. The summed E-state index contributed by atoms with van der Waals surface area (Å²) in [6, 6.07) is 3.25. The van der Waals surface area contributed by atoms with Gasteiger partial charge in [0, 0.05) is 7.05 Å². The highest BCUT2D eigenvalue weighted by Crippen LogP contribution is 2.10. The maximum atomic E-state index is 10.2. The van der Waals surface area contributed by atoms with E-state index in [0.717, 1.165) is 6.20 Å². The van der Waals surface area contributed by atoms with Gasteiger partial charge in [0.1, 0.15) is 5.15 Å². The van der Waals surface area contributed by atoms with Crippen molar-refractivity contribution in [1.29, 1.82) is 0 Å². The van der Waals surface area contributed by atoms with E-state index in [1.165, 1.54) is 6.20 Å². The Kier molecular flexibility index (Phi) is 3.87. The van der Waals surface area contributed by atoms with E-state index in [2.05, 4.69) is 15.6 Å². The monoisotopic (exact) mass is 228 g/mol. The van der Waals surface area contributed by atoms with E-state index < -0.39 is 4.92 Å². The van der Waals surface area contributed by atoms with Gasteiger partial charge in [0.05, 0.1) is 16.8 Å². The smallest absolute Gasteiger partial charge is 0.274 e. The number of nitrogens with one attached hydrogen (secondary N) is 2. The van der Waals surface area contributed by atoms with Gasteiger partial charge < -0.3 is 10.6 Å². The first-order valence-corrected chi connectivity index (χ1v) is 4.41. The molecule has 0 fully saturated rings. The topological polar surface area (TPSA) is 80.1 Å². The summed E-state index contributed by atoms with van der Waals surface area (Å²) in [6.45, 7) is 0. The quantitative estimate of drug-likeness (QED) is 0.463. The molecule has 80 valence electrons. The zero-order chi connectivity index (χ0) is 11.3. The van der Waals surface area contributed by atoms with Crippen molar-refractivity contribution in [3.8, 4) is 0 Å². The lowest BCUT2D eigenvalue weighted by atomic mass is 10.4. The van der Waals surface area contributed by atoms with Crippen molar-refractivity contribution in [2.75, 3.05) is 12.4 Å². The van der Waals surface area contributed by atoms with Crippen LogP contribution in [0.25, 0.3) is 0 Å². The summed E-state index contributed by atoms with van der Waals surface area (Å²) in [4.78, 5) is 13.5. The first-order chi connectivity index (χ1) is 7.11. The Bertz CT molecular complexity index is 377. The maximum absolute atomic E-state index is 10.2. The minimum absolute atomic E-state index is 0.268. The largest absolute Gasteiger partial charge is 0.370 e. The van der Waals surface area contributed by atoms with Gasteiger partial charge in [0.2, 0.25) is 0 Å². The van der Waals surface area contributed by atoms with Gasteiger partial charge in [-0.15, -0.1) is 0 Å². The molecule has 0 aromatic carbocycles. The summed E-state index contributed by atoms with van der Waals surface area (Å²) in [7, 11) is 1.58. The predicted octanol–water partition coefficient (Wildman–Crippen LogP) is 1.44. The Morgan fingerprint density at radius 1 is 1.67 bits per heavy atom. The van der Waals surface area contributed by atoms with Gasteiger partial charge in [0.25, 0.3) is 6.20 Å². The Labute approximate surface area is 91.1 Å². The molecule has 15 heavy (non-hydrogen) atoms. The van der Waals surface area contributed by atoms with E-state index in [9.17, 15) is 10.1 Å². The van der Waals surface area contributed by atoms with E-state index in [1.807, 2.05) is 0 Å². The fraction of sp³-hybridized carbons (Fsp3) is 0.125. The van der Waals surface area contributed by atoms with Crippen LogP contribution in [0.3, 0.4) is 0 Å². The van der Waals surface area contributed by atoms with Crippen LogP contribution in [-0.4, -0.2) is 17.0 Å². The van der Waals surface area contributed by atoms with E-state index >= 15 is 0 Å². The number of hydrogen-bond donors (Lipinski definition) is 2. The van der Waals surface area contributed by atoms with Gasteiger partial charge in [-0.05, 0) is 12.1 Å². The zero-order valence-electron chi connectivity index (χ0n) is 7.90. The van der Waals surface area contributed by atoms with Crippen molar-refractivity contribution in [2.24, 2.45) is 0 Å². The van der Waals surface area contributed by atoms with Crippen molar-refractivity contribution < 1.29 is 4.92 Å². The molecule has 0 unspecified atom stereocenters. The zero-order valence-corrected chi connectivity index (χ0v) is 8.65. The lowest BCUT2D eigenvalue weighted by Crippen LogP contribution is -2.16. The molecule has 1 heterocycles. The number of anilines is 1. The summed E-state index contributed by atoms with van der Waals surface area (Å²) in [5.41, 5.74) is 0.613. The molecule has 6 nitrogen and oxygen atoms in total. The number of pyridine rings is 1. The molecule has 0 saturated heterocycles. The van der Waals surface area contributed by atoms with Crippen molar-refractivity contribution in [3.05, 3.63) is 45.6 Å². The minimum Gasteiger partial charge on any atom is -0.370 e. The highest BCUT2D eigenvalue weighted by atomic mass is 35.5. The first kappa shape index (κ1) is 11.3. The summed E-state index contributed by atoms with van der Waals surface area (Å²) in [5, 5.41) is 16.0. The molecule has 0 aliphatic carbocycles. The Balaban J connectivity index is 2.75. The SMILES string of the molecule is CNC(=C[N+](=O)[O-])Nc1ccc(Cl)nc1. The van der Waals surface area contributed by atoms with Gasteiger partial charge in [-0.25, -0.2) is 4.98 Å². The van der Waals surface area contributed by atoms with Gasteiger partial charge in [0.15, 0.2) is 5.82 Å². The lowest BCUT2D eigenvalue weighted by molar-refractivity contribution is -0.403. The predicted molar refractivity (Wildman–Crippen MR) is 57.0 cm³/mol. The van der Waals surface area contributed by atoms with E-state index in [-0.39, 0.29) is 5.82 Å². The van der Waals surface area contributed by atoms with Crippen LogP contribution in [0.2, 0.25) is 5.15 Å². The summed E-state index contributed by atoms with van der Waals surface area (Å²) >= 11 is 5.59. The fourth-order valence-electron chi connectivity index (χ4n) is 0.870. The highest BCUT2D eigenvalue weighted by molar-refractivity contribution is 6.29. The molecular formula is C8H9ClN4O2. The molecule has 0 spiro atoms. The van der Waals surface area contributed by atoms with Crippen LogP contribution in [0, 0.1) is 10.1 Å². The number of nitro groups is 1. The second kappa shape index (κ2) is 5.16. The third-order valence-electron chi connectivity index (χ3n) is 1.51. The van der Waals surface area contributed by atoms with Gasteiger partial charge in [-0.2, -0.15) is 0 Å². The van der Waals surface area contributed by atoms with Crippen LogP contribution < -0.4 is 10.6 Å². The number of nitrogens with zero attached hydrogens (tertiary/aromatic N) is 2. The van der Waals surface area contributed by atoms with Crippen LogP contribution in [0.4, 0.5) is 5.69 Å². The Hall–Kier alpha value is -1.82. The molecule has 2 N–H and O–H groups in total. The molecule has 0 aliphatic heterocycles. The Morgan fingerprint density at radius 2 is 2.40 bits per heavy atom. The molecule has 0 bridgehead atoms. The molecule has 0 radical (unpaired) electrons. The maximum Gasteiger partial charge on any atom is 0.274 e. The van der Waals surface area contributed by atoms with Gasteiger partial charge >= 0.3 is 0 Å². The summed E-state index contributed by atoms with van der Waals surface area (Å²) in [6.07, 6.45) is 2.31. The first-order valence-electron chi connectivity index (χ1n) is 4.03. The summed E-state index contributed by atoms with van der Waals surface area (Å²) < 4.78 is 0. The molecule has 1 aromatic heterocycles. The molecule has 0 aliphatic rings. The minimum atomic E-state index is -0.553. The van der Waals surface area contributed by atoms with Crippen LogP contribution >= 0.6 is 11.6 Å². The lowest BCUT2D eigenvalue weighted by Gasteiger charge is -2.06. The standard InChI is InChI=1S/C8H9ClN4O2/c1-10-8(5-13(14)15)12-6-2-3-7(9)11-4-6/h2-5,10,12H,1H3. The molecule has 0 atom stereocenters. The van der Waals surface area contributed by atoms with Crippen molar-refractivity contribution in [1.82, 2.24) is 10.3 Å². The summed E-state index contributed by atoms with van der Waals surface area (Å²) in [5.74, 6) is 0.268. The van der Waals surface area contributed by atoms with E-state index in [0.29, 0.717) is 10.8 Å². The van der Waals surface area contributed by atoms with Crippen molar-refractivity contribution >= 4 is 17.3 Å². The highest BCUT2D eigenvalue weighted by Gasteiger charge is 2.01. The van der Waals surface area contributed by atoms with Gasteiger partial charge in [-0.3, -0.25) is 10.1 Å². The molecule has 1 aromatic rings. The fourth-order valence-corrected chi connectivity index (χ4v) is 0.982. The van der Waals surface area contributed by atoms with Crippen LogP contribution in [0.15, 0.2) is 30.4 Å². The van der Waals surface area contributed by atoms with Crippen molar-refractivity contribution in [2.45, 2.75) is 0 Å². The van der Waals surface area contributed by atoms with Gasteiger partial charge in [-0.1, -0.05) is 11.6 Å². The average Bonchev–Trinajstić information content (AvgIpc) is 2.19. The average molecular weight is 229 g/mol. The molecule has 0 saturated carbocycles.